The van der Waals surface area contributed by atoms with Crippen LogP contribution in [0.2, 0.25) is 0 Å². The van der Waals surface area contributed by atoms with Gasteiger partial charge in [0.15, 0.2) is 6.10 Å². The summed E-state index contributed by atoms with van der Waals surface area (Å²) in [6, 6.07) is 7.07. The van der Waals surface area contributed by atoms with Crippen molar-refractivity contribution in [2.45, 2.75) is 6.10 Å². The summed E-state index contributed by atoms with van der Waals surface area (Å²) in [6.07, 6.45) is -0.589. The third-order valence-electron chi connectivity index (χ3n) is 2.99. The Morgan fingerprint density at radius 2 is 2.42 bits per heavy atom. The molecule has 0 bridgehead atoms. The Hall–Kier alpha value is -2.26. The van der Waals surface area contributed by atoms with E-state index in [0.717, 1.165) is 0 Å². The normalized spacial score (nSPS) is 18.7. The minimum atomic E-state index is -0.589. The lowest BCUT2D eigenvalue weighted by Crippen LogP contribution is -2.45. The maximum Gasteiger partial charge on any atom is 0.259 e. The fraction of sp³-hybridized carbons (Fsp3) is 0.385. The van der Waals surface area contributed by atoms with Crippen molar-refractivity contribution >= 4 is 11.6 Å². The van der Waals surface area contributed by atoms with Gasteiger partial charge in [-0.3, -0.25) is 4.79 Å². The van der Waals surface area contributed by atoms with E-state index in [0.29, 0.717) is 30.2 Å². The summed E-state index contributed by atoms with van der Waals surface area (Å²) in [6.45, 7) is 1.03. The van der Waals surface area contributed by atoms with Gasteiger partial charge in [0.2, 0.25) is 0 Å². The number of methoxy groups -OCH3 is 1. The number of nitrogens with two attached hydrogens (primary N) is 1. The Balaban J connectivity index is 2.27. The number of hydrogen-bond acceptors (Lipinski definition) is 5. The number of nitrogens with zero attached hydrogens (tertiary/aromatic N) is 2. The second kappa shape index (κ2) is 5.59. The van der Waals surface area contributed by atoms with Gasteiger partial charge >= 0.3 is 0 Å². The standard InChI is InChI=1S/C13H15N3O3/c1-18-11-4-2-3-10(15)12(11)13(17)16-5-6-19-9(7-14)8-16/h2-4,9H,5-6,8,15H2,1H3. The van der Waals surface area contributed by atoms with E-state index < -0.39 is 6.10 Å². The Morgan fingerprint density at radius 1 is 1.63 bits per heavy atom. The number of carbonyl (C=O) groups is 1. The molecular formula is C13H15N3O3. The van der Waals surface area contributed by atoms with Gasteiger partial charge in [0.25, 0.3) is 5.91 Å². The molecule has 1 aliphatic heterocycles. The summed E-state index contributed by atoms with van der Waals surface area (Å²) in [5, 5.41) is 8.85. The number of benzene rings is 1. The predicted molar refractivity (Wildman–Crippen MR) is 68.7 cm³/mol. The quantitative estimate of drug-likeness (QED) is 0.789. The zero-order chi connectivity index (χ0) is 13.8. The molecule has 19 heavy (non-hydrogen) atoms. The smallest absolute Gasteiger partial charge is 0.259 e. The molecule has 1 heterocycles. The first kappa shape index (κ1) is 13.2. The third kappa shape index (κ3) is 2.61. The molecule has 0 saturated carbocycles. The Labute approximate surface area is 111 Å². The zero-order valence-corrected chi connectivity index (χ0v) is 10.6. The van der Waals surface area contributed by atoms with Crippen LogP contribution in [-0.2, 0) is 4.74 Å². The molecule has 1 saturated heterocycles. The molecule has 1 aromatic carbocycles. The fourth-order valence-electron chi connectivity index (χ4n) is 2.02. The molecule has 0 radical (unpaired) electrons. The van der Waals surface area contributed by atoms with Crippen LogP contribution in [-0.4, -0.2) is 43.7 Å². The molecule has 100 valence electrons. The van der Waals surface area contributed by atoms with E-state index in [1.165, 1.54) is 7.11 Å². The van der Waals surface area contributed by atoms with Crippen molar-refractivity contribution < 1.29 is 14.3 Å². The molecule has 1 amide bonds. The number of hydrogen-bond donors (Lipinski definition) is 1. The highest BCUT2D eigenvalue weighted by atomic mass is 16.5. The average Bonchev–Trinajstić information content (AvgIpc) is 2.46. The van der Waals surface area contributed by atoms with Crippen LogP contribution in [0.15, 0.2) is 18.2 Å². The minimum absolute atomic E-state index is 0.237. The first-order valence-electron chi connectivity index (χ1n) is 5.90. The molecule has 0 aromatic heterocycles. The highest BCUT2D eigenvalue weighted by Crippen LogP contribution is 2.26. The van der Waals surface area contributed by atoms with Crippen LogP contribution in [0.25, 0.3) is 0 Å². The number of anilines is 1. The summed E-state index contributed by atoms with van der Waals surface area (Å²) < 4.78 is 10.4. The van der Waals surface area contributed by atoms with Crippen LogP contribution in [0.5, 0.6) is 5.75 Å². The van der Waals surface area contributed by atoms with Crippen LogP contribution < -0.4 is 10.5 Å². The van der Waals surface area contributed by atoms with Gasteiger partial charge in [0.1, 0.15) is 11.3 Å². The third-order valence-corrected chi connectivity index (χ3v) is 2.99. The molecule has 1 unspecified atom stereocenters. The fourth-order valence-corrected chi connectivity index (χ4v) is 2.02. The van der Waals surface area contributed by atoms with E-state index in [1.807, 2.05) is 6.07 Å². The summed E-state index contributed by atoms with van der Waals surface area (Å²) >= 11 is 0. The maximum absolute atomic E-state index is 12.5. The second-order valence-corrected chi connectivity index (χ2v) is 4.16. The van der Waals surface area contributed by atoms with Gasteiger partial charge in [-0.15, -0.1) is 0 Å². The van der Waals surface area contributed by atoms with E-state index >= 15 is 0 Å². The number of rotatable bonds is 2. The van der Waals surface area contributed by atoms with E-state index in [9.17, 15) is 4.79 Å². The van der Waals surface area contributed by atoms with Crippen LogP contribution in [0.3, 0.4) is 0 Å². The van der Waals surface area contributed by atoms with Gasteiger partial charge in [-0.05, 0) is 12.1 Å². The lowest BCUT2D eigenvalue weighted by atomic mass is 10.1. The molecular weight excluding hydrogens is 246 g/mol. The molecule has 1 aliphatic rings. The molecule has 6 nitrogen and oxygen atoms in total. The number of nitriles is 1. The number of carbonyl (C=O) groups excluding carboxylic acids is 1. The first-order valence-corrected chi connectivity index (χ1v) is 5.90. The van der Waals surface area contributed by atoms with Crippen molar-refractivity contribution in [3.63, 3.8) is 0 Å². The number of ether oxygens (including phenoxy) is 2. The average molecular weight is 261 g/mol. The van der Waals surface area contributed by atoms with Crippen molar-refractivity contribution in [3.05, 3.63) is 23.8 Å². The van der Waals surface area contributed by atoms with Crippen LogP contribution in [0, 0.1) is 11.3 Å². The first-order chi connectivity index (χ1) is 9.17. The molecule has 0 aliphatic carbocycles. The number of nitrogen functional groups attached to an aromatic ring is 1. The minimum Gasteiger partial charge on any atom is -0.496 e. The van der Waals surface area contributed by atoms with Gasteiger partial charge in [-0.25, -0.2) is 0 Å². The number of amides is 1. The van der Waals surface area contributed by atoms with Crippen molar-refractivity contribution in [2.24, 2.45) is 0 Å². The largest absolute Gasteiger partial charge is 0.496 e. The van der Waals surface area contributed by atoms with Crippen LogP contribution >= 0.6 is 0 Å². The molecule has 1 fully saturated rings. The SMILES string of the molecule is COc1cccc(N)c1C(=O)N1CCOC(C#N)C1. The lowest BCUT2D eigenvalue weighted by molar-refractivity contribution is 0.00339. The molecule has 0 spiro atoms. The van der Waals surface area contributed by atoms with Gasteiger partial charge in [-0.2, -0.15) is 5.26 Å². The zero-order valence-electron chi connectivity index (χ0n) is 10.6. The van der Waals surface area contributed by atoms with E-state index in [4.69, 9.17) is 20.5 Å². The van der Waals surface area contributed by atoms with Crippen molar-refractivity contribution in [2.75, 3.05) is 32.5 Å². The van der Waals surface area contributed by atoms with E-state index in [-0.39, 0.29) is 12.5 Å². The van der Waals surface area contributed by atoms with Crippen LogP contribution in [0.1, 0.15) is 10.4 Å². The van der Waals surface area contributed by atoms with E-state index in [1.54, 1.807) is 23.1 Å². The number of morpholine rings is 1. The summed E-state index contributed by atoms with van der Waals surface area (Å²) in [5.41, 5.74) is 6.55. The Kier molecular flexibility index (Phi) is 3.88. The lowest BCUT2D eigenvalue weighted by Gasteiger charge is -2.30. The van der Waals surface area contributed by atoms with Gasteiger partial charge in [0.05, 0.1) is 26.3 Å². The van der Waals surface area contributed by atoms with Crippen molar-refractivity contribution in [1.82, 2.24) is 4.90 Å². The molecule has 2 rings (SSSR count). The molecule has 1 atom stereocenters. The Bertz CT molecular complexity index is 524. The topological polar surface area (TPSA) is 88.6 Å². The molecule has 1 aromatic rings. The van der Waals surface area contributed by atoms with Gasteiger partial charge in [0, 0.05) is 12.2 Å². The highest BCUT2D eigenvalue weighted by molar-refractivity contribution is 6.02. The second-order valence-electron chi connectivity index (χ2n) is 4.16. The van der Waals surface area contributed by atoms with Crippen LogP contribution in [0.4, 0.5) is 5.69 Å². The van der Waals surface area contributed by atoms with Gasteiger partial charge < -0.3 is 20.1 Å². The predicted octanol–water partition coefficient (Wildman–Crippen LogP) is 0.642. The maximum atomic E-state index is 12.5. The highest BCUT2D eigenvalue weighted by Gasteiger charge is 2.27. The summed E-state index contributed by atoms with van der Waals surface area (Å²) in [5.74, 6) is 0.198. The van der Waals surface area contributed by atoms with E-state index in [2.05, 4.69) is 0 Å². The molecule has 2 N–H and O–H groups in total. The van der Waals surface area contributed by atoms with Crippen molar-refractivity contribution in [3.8, 4) is 11.8 Å². The monoisotopic (exact) mass is 261 g/mol. The summed E-state index contributed by atoms with van der Waals surface area (Å²) in [7, 11) is 1.49. The van der Waals surface area contributed by atoms with Gasteiger partial charge in [-0.1, -0.05) is 6.07 Å². The Morgan fingerprint density at radius 3 is 3.11 bits per heavy atom. The molecule has 6 heteroatoms. The summed E-state index contributed by atoms with van der Waals surface area (Å²) in [4.78, 5) is 14.0. The van der Waals surface area contributed by atoms with Crippen molar-refractivity contribution in [1.29, 1.82) is 5.26 Å².